The normalized spacial score (nSPS) is 11.0. The molecule has 5 heteroatoms. The van der Waals surface area contributed by atoms with Crippen molar-refractivity contribution >= 4 is 31.9 Å². The van der Waals surface area contributed by atoms with Crippen molar-refractivity contribution in [2.45, 2.75) is 32.6 Å². The second-order valence-corrected chi connectivity index (χ2v) is 8.39. The maximum Gasteiger partial charge on any atom is 0.155 e. The minimum absolute atomic E-state index is 0.191. The van der Waals surface area contributed by atoms with Gasteiger partial charge < -0.3 is 9.84 Å². The Labute approximate surface area is 176 Å². The lowest BCUT2D eigenvalue weighted by Crippen LogP contribution is -1.98. The molecule has 3 rings (SSSR count). The summed E-state index contributed by atoms with van der Waals surface area (Å²) in [5, 5.41) is 10.8. The number of hydrogen-bond acceptors (Lipinski definition) is 3. The summed E-state index contributed by atoms with van der Waals surface area (Å²) in [7, 11) is 0. The van der Waals surface area contributed by atoms with Crippen LogP contribution in [0.25, 0.3) is 0 Å². The number of aryl methyl sites for hydroxylation is 2. The monoisotopic (exact) mass is 489 g/mol. The molecule has 0 aliphatic carbocycles. The number of benzene rings is 2. The highest BCUT2D eigenvalue weighted by atomic mass is 79.9. The Morgan fingerprint density at radius 2 is 1.67 bits per heavy atom. The molecule has 1 heterocycles. The maximum absolute atomic E-state index is 10.8. The summed E-state index contributed by atoms with van der Waals surface area (Å²) in [6.07, 6.45) is 5.14. The van der Waals surface area contributed by atoms with Crippen LogP contribution in [0.2, 0.25) is 0 Å². The SMILES string of the molecule is CC(C)c1cc(Oc2c(Br)cccc2Br)cc(CCc2ccncc2)c1O. The van der Waals surface area contributed by atoms with Crippen LogP contribution in [-0.4, -0.2) is 10.1 Å². The van der Waals surface area contributed by atoms with E-state index in [0.29, 0.717) is 11.5 Å². The summed E-state index contributed by atoms with van der Waals surface area (Å²) in [4.78, 5) is 4.05. The molecule has 140 valence electrons. The van der Waals surface area contributed by atoms with E-state index in [4.69, 9.17) is 4.74 Å². The Kier molecular flexibility index (Phi) is 6.55. The highest BCUT2D eigenvalue weighted by Gasteiger charge is 2.16. The van der Waals surface area contributed by atoms with Crippen molar-refractivity contribution in [3.8, 4) is 17.2 Å². The molecule has 0 radical (unpaired) electrons. The molecular formula is C22H21Br2NO2. The van der Waals surface area contributed by atoms with E-state index >= 15 is 0 Å². The lowest BCUT2D eigenvalue weighted by molar-refractivity contribution is 0.446. The van der Waals surface area contributed by atoms with Crippen molar-refractivity contribution < 1.29 is 9.84 Å². The average Bonchev–Trinajstić information content (AvgIpc) is 2.65. The number of para-hydroxylation sites is 1. The second kappa shape index (κ2) is 8.89. The summed E-state index contributed by atoms with van der Waals surface area (Å²) in [5.41, 5.74) is 2.96. The summed E-state index contributed by atoms with van der Waals surface area (Å²) < 4.78 is 7.90. The second-order valence-electron chi connectivity index (χ2n) is 6.68. The quantitative estimate of drug-likeness (QED) is 0.403. The molecule has 1 aromatic heterocycles. The predicted molar refractivity (Wildman–Crippen MR) is 116 cm³/mol. The average molecular weight is 491 g/mol. The largest absolute Gasteiger partial charge is 0.507 e. The lowest BCUT2D eigenvalue weighted by atomic mass is 9.95. The number of hydrogen-bond donors (Lipinski definition) is 1. The smallest absolute Gasteiger partial charge is 0.155 e. The van der Waals surface area contributed by atoms with E-state index in [2.05, 4.69) is 50.7 Å². The van der Waals surface area contributed by atoms with Crippen LogP contribution in [0.15, 0.2) is 63.8 Å². The van der Waals surface area contributed by atoms with Gasteiger partial charge in [0.05, 0.1) is 8.95 Å². The predicted octanol–water partition coefficient (Wildman–Crippen LogP) is 7.01. The number of ether oxygens (including phenoxy) is 1. The van der Waals surface area contributed by atoms with Crippen LogP contribution in [0.3, 0.4) is 0 Å². The minimum Gasteiger partial charge on any atom is -0.507 e. The van der Waals surface area contributed by atoms with Gasteiger partial charge in [0.15, 0.2) is 5.75 Å². The van der Waals surface area contributed by atoms with Gasteiger partial charge in [-0.1, -0.05) is 19.9 Å². The van der Waals surface area contributed by atoms with E-state index in [-0.39, 0.29) is 5.92 Å². The zero-order valence-corrected chi connectivity index (χ0v) is 18.4. The number of phenols is 1. The fourth-order valence-electron chi connectivity index (χ4n) is 2.90. The molecule has 0 aliphatic heterocycles. The van der Waals surface area contributed by atoms with Gasteiger partial charge >= 0.3 is 0 Å². The molecule has 0 fully saturated rings. The number of aromatic hydroxyl groups is 1. The molecular weight excluding hydrogens is 470 g/mol. The van der Waals surface area contributed by atoms with Gasteiger partial charge in [0.25, 0.3) is 0 Å². The van der Waals surface area contributed by atoms with Crippen LogP contribution in [-0.2, 0) is 12.8 Å². The van der Waals surface area contributed by atoms with Crippen molar-refractivity contribution in [1.29, 1.82) is 0 Å². The molecule has 0 unspecified atom stereocenters. The van der Waals surface area contributed by atoms with Crippen LogP contribution < -0.4 is 4.74 Å². The Balaban J connectivity index is 1.93. The lowest BCUT2D eigenvalue weighted by Gasteiger charge is -2.17. The number of phenolic OH excluding ortho intramolecular Hbond substituents is 1. The van der Waals surface area contributed by atoms with E-state index in [9.17, 15) is 5.11 Å². The van der Waals surface area contributed by atoms with Crippen LogP contribution >= 0.6 is 31.9 Å². The molecule has 0 saturated heterocycles. The van der Waals surface area contributed by atoms with E-state index in [0.717, 1.165) is 38.7 Å². The summed E-state index contributed by atoms with van der Waals surface area (Å²) >= 11 is 7.07. The van der Waals surface area contributed by atoms with Gasteiger partial charge in [-0.2, -0.15) is 0 Å². The minimum atomic E-state index is 0.191. The van der Waals surface area contributed by atoms with Gasteiger partial charge in [-0.25, -0.2) is 0 Å². The van der Waals surface area contributed by atoms with E-state index < -0.39 is 0 Å². The molecule has 0 aliphatic rings. The Morgan fingerprint density at radius 1 is 1.00 bits per heavy atom. The standard InChI is InChI=1S/C22H21Br2NO2/c1-14(2)18-13-17(27-22-19(23)4-3-5-20(22)24)12-16(21(18)26)7-6-15-8-10-25-11-9-15/h3-5,8-14,26H,6-7H2,1-2H3. The fraction of sp³-hybridized carbons (Fsp3) is 0.227. The third-order valence-electron chi connectivity index (χ3n) is 4.39. The molecule has 0 bridgehead atoms. The van der Waals surface area contributed by atoms with Gasteiger partial charge in [0.2, 0.25) is 0 Å². The Hall–Kier alpha value is -1.85. The zero-order valence-electron chi connectivity index (χ0n) is 15.2. The highest BCUT2D eigenvalue weighted by molar-refractivity contribution is 9.11. The molecule has 0 amide bonds. The van der Waals surface area contributed by atoms with E-state index in [1.165, 1.54) is 5.56 Å². The maximum atomic E-state index is 10.8. The van der Waals surface area contributed by atoms with Crippen LogP contribution in [0.1, 0.15) is 36.5 Å². The molecule has 0 atom stereocenters. The van der Waals surface area contributed by atoms with Gasteiger partial charge in [-0.15, -0.1) is 0 Å². The van der Waals surface area contributed by atoms with Crippen molar-refractivity contribution in [2.75, 3.05) is 0 Å². The van der Waals surface area contributed by atoms with Crippen LogP contribution in [0.4, 0.5) is 0 Å². The number of halogens is 2. The number of nitrogens with zero attached hydrogens (tertiary/aromatic N) is 1. The first-order chi connectivity index (χ1) is 13.0. The molecule has 3 aromatic rings. The van der Waals surface area contributed by atoms with Crippen molar-refractivity contribution in [2.24, 2.45) is 0 Å². The first kappa shape index (κ1) is 19.9. The van der Waals surface area contributed by atoms with Crippen LogP contribution in [0, 0.1) is 0 Å². The highest BCUT2D eigenvalue weighted by Crippen LogP contribution is 2.40. The first-order valence-electron chi connectivity index (χ1n) is 8.82. The van der Waals surface area contributed by atoms with E-state index in [1.54, 1.807) is 12.4 Å². The molecule has 27 heavy (non-hydrogen) atoms. The Bertz CT molecular complexity index is 907. The van der Waals surface area contributed by atoms with Gasteiger partial charge in [-0.05, 0) is 98.1 Å². The van der Waals surface area contributed by atoms with Gasteiger partial charge in [-0.3, -0.25) is 4.98 Å². The molecule has 0 spiro atoms. The van der Waals surface area contributed by atoms with Crippen molar-refractivity contribution in [3.05, 3.63) is 80.5 Å². The van der Waals surface area contributed by atoms with Gasteiger partial charge in [0, 0.05) is 18.0 Å². The van der Waals surface area contributed by atoms with Crippen molar-refractivity contribution in [1.82, 2.24) is 4.98 Å². The Morgan fingerprint density at radius 3 is 2.30 bits per heavy atom. The van der Waals surface area contributed by atoms with E-state index in [1.807, 2.05) is 42.5 Å². The third-order valence-corrected chi connectivity index (χ3v) is 5.63. The fourth-order valence-corrected chi connectivity index (χ4v) is 4.07. The molecule has 0 saturated carbocycles. The summed E-state index contributed by atoms with van der Waals surface area (Å²) in [6, 6.07) is 13.7. The third kappa shape index (κ3) is 4.90. The molecule has 1 N–H and O–H groups in total. The summed E-state index contributed by atoms with van der Waals surface area (Å²) in [6.45, 7) is 4.14. The summed E-state index contributed by atoms with van der Waals surface area (Å²) in [5.74, 6) is 1.99. The topological polar surface area (TPSA) is 42.4 Å². The number of pyridine rings is 1. The van der Waals surface area contributed by atoms with Crippen molar-refractivity contribution in [3.63, 3.8) is 0 Å². The number of aromatic nitrogens is 1. The number of rotatable bonds is 6. The molecule has 3 nitrogen and oxygen atoms in total. The van der Waals surface area contributed by atoms with Crippen LogP contribution in [0.5, 0.6) is 17.2 Å². The first-order valence-corrected chi connectivity index (χ1v) is 10.4. The zero-order chi connectivity index (χ0) is 19.4. The molecule has 2 aromatic carbocycles. The van der Waals surface area contributed by atoms with Gasteiger partial charge in [0.1, 0.15) is 11.5 Å².